The molecule has 2 heterocycles. The molecule has 8 heteroatoms. The Morgan fingerprint density at radius 3 is 2.57 bits per heavy atom. The molecule has 1 fully saturated rings. The maximum absolute atomic E-state index is 13.9. The van der Waals surface area contributed by atoms with Crippen molar-refractivity contribution in [2.24, 2.45) is 0 Å². The fourth-order valence-corrected chi connectivity index (χ4v) is 3.54. The Morgan fingerprint density at radius 1 is 1.10 bits per heavy atom. The maximum Gasteiger partial charge on any atom is 0.246 e. The molecule has 2 aromatic carbocycles. The van der Waals surface area contributed by atoms with Crippen molar-refractivity contribution in [2.45, 2.75) is 12.6 Å². The van der Waals surface area contributed by atoms with Gasteiger partial charge in [0.25, 0.3) is 0 Å². The number of morpholine rings is 1. The van der Waals surface area contributed by atoms with Crippen LogP contribution in [0.5, 0.6) is 0 Å². The summed E-state index contributed by atoms with van der Waals surface area (Å²) in [7, 11) is 0. The molecule has 0 saturated carbocycles. The first-order chi connectivity index (χ1) is 14.6. The highest BCUT2D eigenvalue weighted by Crippen LogP contribution is 2.24. The van der Waals surface area contributed by atoms with E-state index in [1.807, 2.05) is 4.90 Å². The molecule has 1 N–H and O–H groups in total. The van der Waals surface area contributed by atoms with Gasteiger partial charge in [0.15, 0.2) is 0 Å². The number of nitrogens with one attached hydrogen (secondary N) is 1. The lowest BCUT2D eigenvalue weighted by molar-refractivity contribution is -0.123. The van der Waals surface area contributed by atoms with Crippen molar-refractivity contribution in [3.63, 3.8) is 0 Å². The molecule has 1 saturated heterocycles. The minimum Gasteiger partial charge on any atom is -0.379 e. The number of carbonyl (C=O) groups excluding carboxylic acids is 1. The van der Waals surface area contributed by atoms with Crippen molar-refractivity contribution in [3.05, 3.63) is 83.7 Å². The smallest absolute Gasteiger partial charge is 0.246 e. The number of ether oxygens (including phenoxy) is 1. The molecule has 1 aromatic heterocycles. The fourth-order valence-electron chi connectivity index (χ4n) is 3.54. The van der Waals surface area contributed by atoms with Crippen LogP contribution in [0.1, 0.15) is 17.2 Å². The number of halogens is 2. The topological polar surface area (TPSA) is 59.4 Å². The molecule has 4 rings (SSSR count). The molecule has 0 radical (unpaired) electrons. The van der Waals surface area contributed by atoms with Gasteiger partial charge in [-0.05, 0) is 23.8 Å². The van der Waals surface area contributed by atoms with Crippen LogP contribution in [0.4, 0.5) is 14.5 Å². The van der Waals surface area contributed by atoms with E-state index in [0.717, 1.165) is 0 Å². The van der Waals surface area contributed by atoms with Gasteiger partial charge in [0.05, 0.1) is 31.6 Å². The van der Waals surface area contributed by atoms with Crippen LogP contribution in [0, 0.1) is 11.6 Å². The number of amides is 1. The molecule has 1 amide bonds. The van der Waals surface area contributed by atoms with Gasteiger partial charge in [0.1, 0.15) is 17.7 Å². The summed E-state index contributed by atoms with van der Waals surface area (Å²) >= 11 is 0. The normalized spacial score (nSPS) is 15.7. The van der Waals surface area contributed by atoms with Gasteiger partial charge in [-0.3, -0.25) is 14.4 Å². The average Bonchev–Trinajstić information content (AvgIpc) is 3.19. The van der Waals surface area contributed by atoms with Crippen molar-refractivity contribution in [3.8, 4) is 0 Å². The lowest BCUT2D eigenvalue weighted by atomic mass is 10.0. The first-order valence-electron chi connectivity index (χ1n) is 9.74. The number of benzene rings is 2. The monoisotopic (exact) mass is 412 g/mol. The van der Waals surface area contributed by atoms with E-state index in [1.54, 1.807) is 41.2 Å². The number of hydrogen-bond acceptors (Lipinski definition) is 4. The van der Waals surface area contributed by atoms with Crippen LogP contribution in [0.3, 0.4) is 0 Å². The van der Waals surface area contributed by atoms with Gasteiger partial charge in [-0.2, -0.15) is 5.10 Å². The summed E-state index contributed by atoms with van der Waals surface area (Å²) in [5.74, 6) is -0.898. The fraction of sp³-hybridized carbons (Fsp3) is 0.273. The third-order valence-corrected chi connectivity index (χ3v) is 5.04. The summed E-state index contributed by atoms with van der Waals surface area (Å²) < 4.78 is 34.2. The second-order valence-electron chi connectivity index (χ2n) is 7.11. The van der Waals surface area contributed by atoms with Gasteiger partial charge < -0.3 is 10.1 Å². The maximum atomic E-state index is 13.9. The number of carbonyl (C=O) groups is 1. The van der Waals surface area contributed by atoms with Crippen LogP contribution in [-0.2, 0) is 16.1 Å². The largest absolute Gasteiger partial charge is 0.379 e. The zero-order chi connectivity index (χ0) is 20.9. The molecule has 0 spiro atoms. The molecular formula is C22H22F2N4O2. The molecule has 156 valence electrons. The number of aromatic nitrogens is 2. The molecule has 1 atom stereocenters. The quantitative estimate of drug-likeness (QED) is 0.676. The Hall–Kier alpha value is -3.10. The summed E-state index contributed by atoms with van der Waals surface area (Å²) in [6, 6.07) is 11.9. The van der Waals surface area contributed by atoms with Crippen LogP contribution in [-0.4, -0.2) is 46.9 Å². The molecule has 0 bridgehead atoms. The van der Waals surface area contributed by atoms with Crippen molar-refractivity contribution >= 4 is 11.6 Å². The van der Waals surface area contributed by atoms with E-state index >= 15 is 0 Å². The summed E-state index contributed by atoms with van der Waals surface area (Å²) in [5, 5.41) is 7.09. The molecule has 30 heavy (non-hydrogen) atoms. The van der Waals surface area contributed by atoms with E-state index in [-0.39, 0.29) is 24.1 Å². The third kappa shape index (κ3) is 4.72. The zero-order valence-corrected chi connectivity index (χ0v) is 16.3. The molecule has 3 aromatic rings. The van der Waals surface area contributed by atoms with Crippen LogP contribution >= 0.6 is 0 Å². The first-order valence-corrected chi connectivity index (χ1v) is 9.74. The molecular weight excluding hydrogens is 390 g/mol. The van der Waals surface area contributed by atoms with E-state index in [1.165, 1.54) is 24.4 Å². The van der Waals surface area contributed by atoms with E-state index in [2.05, 4.69) is 10.4 Å². The summed E-state index contributed by atoms with van der Waals surface area (Å²) in [4.78, 5) is 15.1. The van der Waals surface area contributed by atoms with Crippen LogP contribution in [0.15, 0.2) is 60.9 Å². The SMILES string of the molecule is O=C(Nc1cnn(Cc2ccccc2F)c1)[C@H](c1ccc(F)cc1)N1CCOCC1. The summed E-state index contributed by atoms with van der Waals surface area (Å²) in [6.07, 6.45) is 3.19. The van der Waals surface area contributed by atoms with Gasteiger partial charge >= 0.3 is 0 Å². The second kappa shape index (κ2) is 9.15. The molecule has 0 aliphatic carbocycles. The predicted octanol–water partition coefficient (Wildman–Crippen LogP) is 3.22. The Kier molecular flexibility index (Phi) is 6.15. The highest BCUT2D eigenvalue weighted by atomic mass is 19.1. The van der Waals surface area contributed by atoms with Crippen molar-refractivity contribution in [2.75, 3.05) is 31.6 Å². The number of hydrogen-bond donors (Lipinski definition) is 1. The van der Waals surface area contributed by atoms with E-state index < -0.39 is 6.04 Å². The lowest BCUT2D eigenvalue weighted by Crippen LogP contribution is -2.43. The average molecular weight is 412 g/mol. The van der Waals surface area contributed by atoms with Crippen molar-refractivity contribution < 1.29 is 18.3 Å². The van der Waals surface area contributed by atoms with E-state index in [0.29, 0.717) is 43.1 Å². The minimum absolute atomic E-state index is 0.242. The zero-order valence-electron chi connectivity index (χ0n) is 16.3. The molecule has 0 unspecified atom stereocenters. The van der Waals surface area contributed by atoms with Crippen LogP contribution in [0.2, 0.25) is 0 Å². The first kappa shape index (κ1) is 20.2. The number of nitrogens with zero attached hydrogens (tertiary/aromatic N) is 3. The van der Waals surface area contributed by atoms with Gasteiger partial charge in [0, 0.05) is 24.8 Å². The Bertz CT molecular complexity index is 1000. The number of rotatable bonds is 6. The van der Waals surface area contributed by atoms with Crippen molar-refractivity contribution in [1.29, 1.82) is 0 Å². The Labute approximate surface area is 173 Å². The van der Waals surface area contributed by atoms with Crippen LogP contribution < -0.4 is 5.32 Å². The minimum atomic E-state index is -0.579. The predicted molar refractivity (Wildman–Crippen MR) is 108 cm³/mol. The number of anilines is 1. The molecule has 6 nitrogen and oxygen atoms in total. The lowest BCUT2D eigenvalue weighted by Gasteiger charge is -2.33. The Balaban J connectivity index is 1.50. The highest BCUT2D eigenvalue weighted by Gasteiger charge is 2.29. The Morgan fingerprint density at radius 2 is 1.83 bits per heavy atom. The highest BCUT2D eigenvalue weighted by molar-refractivity contribution is 5.95. The van der Waals surface area contributed by atoms with Crippen LogP contribution in [0.25, 0.3) is 0 Å². The molecule has 1 aliphatic heterocycles. The van der Waals surface area contributed by atoms with Gasteiger partial charge in [0.2, 0.25) is 5.91 Å². The van der Waals surface area contributed by atoms with Gasteiger partial charge in [-0.25, -0.2) is 8.78 Å². The summed E-state index contributed by atoms with van der Waals surface area (Å²) in [6.45, 7) is 2.52. The second-order valence-corrected chi connectivity index (χ2v) is 7.11. The van der Waals surface area contributed by atoms with Crippen molar-refractivity contribution in [1.82, 2.24) is 14.7 Å². The molecule has 1 aliphatic rings. The van der Waals surface area contributed by atoms with E-state index in [4.69, 9.17) is 4.74 Å². The summed E-state index contributed by atoms with van der Waals surface area (Å²) in [5.41, 5.74) is 1.72. The van der Waals surface area contributed by atoms with Gasteiger partial charge in [-0.1, -0.05) is 30.3 Å². The standard InChI is InChI=1S/C22H22F2N4O2/c23-18-7-5-16(6-8-18)21(27-9-11-30-12-10-27)22(29)26-19-13-25-28(15-19)14-17-3-1-2-4-20(17)24/h1-8,13,15,21H,9-12,14H2,(H,26,29)/t21-/m0/s1. The van der Waals surface area contributed by atoms with E-state index in [9.17, 15) is 13.6 Å². The third-order valence-electron chi connectivity index (χ3n) is 5.04. The van der Waals surface area contributed by atoms with Gasteiger partial charge in [-0.15, -0.1) is 0 Å².